The third-order valence-corrected chi connectivity index (χ3v) is 4.36. The molecular weight excluding hydrogens is 300 g/mol. The quantitative estimate of drug-likeness (QED) is 0.774. The van der Waals surface area contributed by atoms with Crippen LogP contribution in [0.2, 0.25) is 0 Å². The fraction of sp³-hybridized carbons (Fsp3) is 0.125. The van der Waals surface area contributed by atoms with Gasteiger partial charge in [-0.2, -0.15) is 0 Å². The standard InChI is InChI=1S/C16H14N2O3S/c17-12(16(20)21)8-10-9-18(13-5-2-1-4-11(10)13)15(19)14-6-3-7-22-14/h1-7,9,12H,8,17H2,(H,20,21). The Labute approximate surface area is 130 Å². The van der Waals surface area contributed by atoms with Crippen LogP contribution in [0, 0.1) is 0 Å². The van der Waals surface area contributed by atoms with Crippen LogP contribution in [0.15, 0.2) is 48.0 Å². The van der Waals surface area contributed by atoms with Crippen LogP contribution >= 0.6 is 11.3 Å². The third-order valence-electron chi connectivity index (χ3n) is 3.50. The van der Waals surface area contributed by atoms with Crippen LogP contribution < -0.4 is 5.73 Å². The van der Waals surface area contributed by atoms with Crippen molar-refractivity contribution in [1.29, 1.82) is 0 Å². The average Bonchev–Trinajstić information content (AvgIpc) is 3.15. The Hall–Kier alpha value is -2.44. The lowest BCUT2D eigenvalue weighted by molar-refractivity contribution is -0.138. The largest absolute Gasteiger partial charge is 0.480 e. The van der Waals surface area contributed by atoms with Crippen LogP contribution in [0.3, 0.4) is 0 Å². The van der Waals surface area contributed by atoms with Crippen molar-refractivity contribution in [2.75, 3.05) is 0 Å². The van der Waals surface area contributed by atoms with E-state index in [0.717, 1.165) is 16.5 Å². The van der Waals surface area contributed by atoms with E-state index >= 15 is 0 Å². The molecule has 0 spiro atoms. The monoisotopic (exact) mass is 314 g/mol. The second-order valence-corrected chi connectivity index (χ2v) is 5.92. The number of thiophene rings is 1. The van der Waals surface area contributed by atoms with Crippen molar-refractivity contribution in [1.82, 2.24) is 4.57 Å². The summed E-state index contributed by atoms with van der Waals surface area (Å²) >= 11 is 1.37. The maximum atomic E-state index is 12.6. The first-order chi connectivity index (χ1) is 10.6. The maximum Gasteiger partial charge on any atom is 0.320 e. The van der Waals surface area contributed by atoms with E-state index in [-0.39, 0.29) is 12.3 Å². The van der Waals surface area contributed by atoms with Gasteiger partial charge in [0.2, 0.25) is 0 Å². The predicted molar refractivity (Wildman–Crippen MR) is 85.3 cm³/mol. The Morgan fingerprint density at radius 2 is 2.00 bits per heavy atom. The number of rotatable bonds is 4. The van der Waals surface area contributed by atoms with Crippen molar-refractivity contribution in [3.63, 3.8) is 0 Å². The van der Waals surface area contributed by atoms with Gasteiger partial charge in [0.1, 0.15) is 6.04 Å². The second kappa shape index (κ2) is 5.75. The summed E-state index contributed by atoms with van der Waals surface area (Å²) in [7, 11) is 0. The number of aromatic nitrogens is 1. The van der Waals surface area contributed by atoms with Crippen molar-refractivity contribution in [2.24, 2.45) is 5.73 Å². The van der Waals surface area contributed by atoms with Gasteiger partial charge in [-0.15, -0.1) is 11.3 Å². The molecule has 5 nitrogen and oxygen atoms in total. The first-order valence-electron chi connectivity index (χ1n) is 6.73. The number of fused-ring (bicyclic) bond motifs is 1. The average molecular weight is 314 g/mol. The molecule has 0 fully saturated rings. The molecule has 1 atom stereocenters. The van der Waals surface area contributed by atoms with Crippen LogP contribution in [0.25, 0.3) is 10.9 Å². The first kappa shape index (κ1) is 14.5. The molecule has 2 heterocycles. The van der Waals surface area contributed by atoms with Gasteiger partial charge in [-0.3, -0.25) is 14.2 Å². The number of aliphatic carboxylic acids is 1. The number of para-hydroxylation sites is 1. The lowest BCUT2D eigenvalue weighted by Crippen LogP contribution is -2.32. The first-order valence-corrected chi connectivity index (χ1v) is 7.61. The maximum absolute atomic E-state index is 12.6. The summed E-state index contributed by atoms with van der Waals surface area (Å²) in [5.41, 5.74) is 7.15. The molecule has 3 N–H and O–H groups in total. The van der Waals surface area contributed by atoms with Gasteiger partial charge in [0.25, 0.3) is 5.91 Å². The summed E-state index contributed by atoms with van der Waals surface area (Å²) in [6.45, 7) is 0. The van der Waals surface area contributed by atoms with E-state index in [0.29, 0.717) is 4.88 Å². The SMILES string of the molecule is NC(Cc1cn(C(=O)c2cccs2)c2ccccc12)C(=O)O. The van der Waals surface area contributed by atoms with Gasteiger partial charge in [0.05, 0.1) is 10.4 Å². The molecule has 3 rings (SSSR count). The molecule has 0 aliphatic carbocycles. The zero-order chi connectivity index (χ0) is 15.7. The highest BCUT2D eigenvalue weighted by molar-refractivity contribution is 7.12. The molecule has 22 heavy (non-hydrogen) atoms. The van der Waals surface area contributed by atoms with E-state index in [1.165, 1.54) is 11.3 Å². The van der Waals surface area contributed by atoms with Gasteiger partial charge in [0.15, 0.2) is 0 Å². The minimum Gasteiger partial charge on any atom is -0.480 e. The smallest absolute Gasteiger partial charge is 0.320 e. The van der Waals surface area contributed by atoms with Crippen LogP contribution in [0.5, 0.6) is 0 Å². The topological polar surface area (TPSA) is 85.3 Å². The van der Waals surface area contributed by atoms with Gasteiger partial charge < -0.3 is 10.8 Å². The van der Waals surface area contributed by atoms with E-state index in [1.807, 2.05) is 35.7 Å². The third kappa shape index (κ3) is 2.54. The Balaban J connectivity index is 2.08. The molecule has 6 heteroatoms. The number of nitrogens with zero attached hydrogens (tertiary/aromatic N) is 1. The van der Waals surface area contributed by atoms with Crippen molar-refractivity contribution < 1.29 is 14.7 Å². The van der Waals surface area contributed by atoms with Gasteiger partial charge in [-0.1, -0.05) is 24.3 Å². The zero-order valence-corrected chi connectivity index (χ0v) is 12.4. The minimum absolute atomic E-state index is 0.124. The highest BCUT2D eigenvalue weighted by atomic mass is 32.1. The predicted octanol–water partition coefficient (Wildman–Crippen LogP) is 2.35. The van der Waals surface area contributed by atoms with Crippen molar-refractivity contribution >= 4 is 34.1 Å². The number of carbonyl (C=O) groups is 2. The molecule has 0 amide bonds. The molecule has 2 aromatic heterocycles. The lowest BCUT2D eigenvalue weighted by atomic mass is 10.1. The van der Waals surface area contributed by atoms with Gasteiger partial charge >= 0.3 is 5.97 Å². The van der Waals surface area contributed by atoms with E-state index in [4.69, 9.17) is 10.8 Å². The molecule has 0 saturated heterocycles. The van der Waals surface area contributed by atoms with Gasteiger partial charge in [0, 0.05) is 18.0 Å². The molecule has 0 saturated carbocycles. The summed E-state index contributed by atoms with van der Waals surface area (Å²) in [5, 5.41) is 11.7. The Morgan fingerprint density at radius 3 is 2.68 bits per heavy atom. The number of benzene rings is 1. The van der Waals surface area contributed by atoms with Crippen molar-refractivity contribution in [3.8, 4) is 0 Å². The molecule has 1 unspecified atom stereocenters. The van der Waals surface area contributed by atoms with Crippen LogP contribution in [-0.2, 0) is 11.2 Å². The molecule has 112 valence electrons. The summed E-state index contributed by atoms with van der Waals surface area (Å²) in [6, 6.07) is 10.0. The number of carboxylic acid groups (broad SMARTS) is 1. The minimum atomic E-state index is -1.05. The van der Waals surface area contributed by atoms with Crippen molar-refractivity contribution in [3.05, 3.63) is 58.4 Å². The molecule has 3 aromatic rings. The molecule has 1 aromatic carbocycles. The van der Waals surface area contributed by atoms with Crippen molar-refractivity contribution in [2.45, 2.75) is 12.5 Å². The van der Waals surface area contributed by atoms with Crippen LogP contribution in [0.4, 0.5) is 0 Å². The highest BCUT2D eigenvalue weighted by Gasteiger charge is 2.19. The van der Waals surface area contributed by atoms with Crippen LogP contribution in [0.1, 0.15) is 15.2 Å². The number of carbonyl (C=O) groups excluding carboxylic acids is 1. The lowest BCUT2D eigenvalue weighted by Gasteiger charge is -2.04. The summed E-state index contributed by atoms with van der Waals surface area (Å²) < 4.78 is 1.56. The summed E-state index contributed by atoms with van der Waals surface area (Å²) in [4.78, 5) is 24.2. The normalized spacial score (nSPS) is 12.4. The van der Waals surface area contributed by atoms with E-state index in [1.54, 1.807) is 16.8 Å². The van der Waals surface area contributed by atoms with Gasteiger partial charge in [-0.05, 0) is 23.1 Å². The fourth-order valence-electron chi connectivity index (χ4n) is 2.42. The molecule has 0 radical (unpaired) electrons. The number of hydrogen-bond donors (Lipinski definition) is 2. The molecular formula is C16H14N2O3S. The fourth-order valence-corrected chi connectivity index (χ4v) is 3.08. The Bertz CT molecular complexity index is 836. The summed E-state index contributed by atoms with van der Waals surface area (Å²) in [6.07, 6.45) is 1.87. The highest BCUT2D eigenvalue weighted by Crippen LogP contribution is 2.24. The van der Waals surface area contributed by atoms with E-state index in [9.17, 15) is 9.59 Å². The van der Waals surface area contributed by atoms with Crippen LogP contribution in [-0.4, -0.2) is 27.6 Å². The zero-order valence-electron chi connectivity index (χ0n) is 11.6. The van der Waals surface area contributed by atoms with E-state index < -0.39 is 12.0 Å². The number of carboxylic acids is 1. The summed E-state index contributed by atoms with van der Waals surface area (Å²) in [5.74, 6) is -1.18. The Morgan fingerprint density at radius 1 is 1.23 bits per heavy atom. The van der Waals surface area contributed by atoms with Gasteiger partial charge in [-0.25, -0.2) is 0 Å². The molecule has 0 aliphatic heterocycles. The second-order valence-electron chi connectivity index (χ2n) is 4.97. The molecule has 0 bridgehead atoms. The Kier molecular flexibility index (Phi) is 3.79. The van der Waals surface area contributed by atoms with E-state index in [2.05, 4.69) is 0 Å². The number of nitrogens with two attached hydrogens (primary N) is 1. The molecule has 0 aliphatic rings. The number of hydrogen-bond acceptors (Lipinski definition) is 4.